The van der Waals surface area contributed by atoms with Crippen LogP contribution >= 0.6 is 15.9 Å². The van der Waals surface area contributed by atoms with Gasteiger partial charge in [-0.3, -0.25) is 10.1 Å². The van der Waals surface area contributed by atoms with Crippen molar-refractivity contribution in [2.24, 2.45) is 5.41 Å². The number of halogens is 1. The zero-order chi connectivity index (χ0) is 15.6. The lowest BCUT2D eigenvalue weighted by Crippen LogP contribution is -2.33. The van der Waals surface area contributed by atoms with E-state index in [2.05, 4.69) is 20.7 Å². The molecule has 0 saturated carbocycles. The van der Waals surface area contributed by atoms with Crippen molar-refractivity contribution in [2.45, 2.75) is 32.1 Å². The Balaban J connectivity index is 3.16. The van der Waals surface area contributed by atoms with Gasteiger partial charge in [0.15, 0.2) is 4.90 Å². The van der Waals surface area contributed by atoms with Gasteiger partial charge in [0.2, 0.25) is 10.0 Å². The fourth-order valence-corrected chi connectivity index (χ4v) is 3.30. The summed E-state index contributed by atoms with van der Waals surface area (Å²) in [5, 5.41) is 10.9. The van der Waals surface area contributed by atoms with Crippen LogP contribution < -0.4 is 4.72 Å². The lowest BCUT2D eigenvalue weighted by molar-refractivity contribution is -0.387. The molecule has 1 rings (SSSR count). The summed E-state index contributed by atoms with van der Waals surface area (Å²) >= 11 is 3.13. The van der Waals surface area contributed by atoms with Crippen LogP contribution in [0.25, 0.3) is 0 Å². The highest BCUT2D eigenvalue weighted by molar-refractivity contribution is 9.10. The number of sulfonamides is 1. The summed E-state index contributed by atoms with van der Waals surface area (Å²) in [4.78, 5) is 9.90. The summed E-state index contributed by atoms with van der Waals surface area (Å²) in [6, 6.07) is 3.84. The maximum atomic E-state index is 12.2. The second kappa shape index (κ2) is 6.19. The Labute approximate surface area is 126 Å². The molecule has 0 heterocycles. The van der Waals surface area contributed by atoms with E-state index in [1.807, 2.05) is 20.8 Å². The van der Waals surface area contributed by atoms with E-state index in [1.54, 1.807) is 0 Å². The lowest BCUT2D eigenvalue weighted by atomic mass is 9.91. The van der Waals surface area contributed by atoms with Gasteiger partial charge in [-0.1, -0.05) is 36.7 Å². The summed E-state index contributed by atoms with van der Waals surface area (Å²) in [6.07, 6.45) is 0.788. The Bertz CT molecular complexity index is 614. The molecule has 0 amide bonds. The second-order valence-corrected chi connectivity index (χ2v) is 7.86. The van der Waals surface area contributed by atoms with Crippen LogP contribution in [0.5, 0.6) is 0 Å². The number of nitrogens with zero attached hydrogens (tertiary/aromatic N) is 1. The van der Waals surface area contributed by atoms with Crippen molar-refractivity contribution < 1.29 is 13.3 Å². The van der Waals surface area contributed by atoms with E-state index >= 15 is 0 Å². The minimum Gasteiger partial charge on any atom is -0.258 e. The Morgan fingerprint density at radius 2 is 2.00 bits per heavy atom. The molecule has 0 unspecified atom stereocenters. The number of hydrogen-bond acceptors (Lipinski definition) is 4. The highest BCUT2D eigenvalue weighted by atomic mass is 79.9. The quantitative estimate of drug-likeness (QED) is 0.620. The predicted octanol–water partition coefficient (Wildman–Crippen LogP) is 3.07. The fourth-order valence-electron chi connectivity index (χ4n) is 1.35. The highest BCUT2D eigenvalue weighted by Crippen LogP contribution is 2.28. The van der Waals surface area contributed by atoms with Crippen molar-refractivity contribution in [1.29, 1.82) is 0 Å². The summed E-state index contributed by atoms with van der Waals surface area (Å²) in [5.41, 5.74) is -0.650. The van der Waals surface area contributed by atoms with E-state index in [4.69, 9.17) is 0 Å². The molecule has 0 bridgehead atoms. The van der Waals surface area contributed by atoms with E-state index in [0.717, 1.165) is 6.42 Å². The third kappa shape index (κ3) is 4.26. The predicted molar refractivity (Wildman–Crippen MR) is 80.1 cm³/mol. The number of nitro benzene ring substituents is 1. The van der Waals surface area contributed by atoms with Crippen molar-refractivity contribution in [3.05, 3.63) is 32.8 Å². The Hall–Kier alpha value is -0.990. The van der Waals surface area contributed by atoms with Gasteiger partial charge in [-0.2, -0.15) is 0 Å². The first-order valence-corrected chi connectivity index (χ1v) is 8.30. The largest absolute Gasteiger partial charge is 0.289 e. The van der Waals surface area contributed by atoms with Gasteiger partial charge in [0.05, 0.1) is 4.92 Å². The Morgan fingerprint density at radius 3 is 2.50 bits per heavy atom. The number of rotatable bonds is 6. The topological polar surface area (TPSA) is 89.3 Å². The molecule has 1 aromatic carbocycles. The van der Waals surface area contributed by atoms with Crippen LogP contribution in [0.3, 0.4) is 0 Å². The number of nitrogens with one attached hydrogen (secondary N) is 1. The molecule has 0 radical (unpaired) electrons. The molecule has 6 nitrogen and oxygen atoms in total. The highest BCUT2D eigenvalue weighted by Gasteiger charge is 2.27. The van der Waals surface area contributed by atoms with Crippen molar-refractivity contribution >= 4 is 31.6 Å². The average molecular weight is 365 g/mol. The molecule has 0 spiro atoms. The molecule has 0 fully saturated rings. The molecule has 20 heavy (non-hydrogen) atoms. The molecule has 0 aliphatic rings. The normalized spacial score (nSPS) is 12.4. The van der Waals surface area contributed by atoms with Crippen LogP contribution in [0, 0.1) is 15.5 Å². The molecular formula is C12H17BrN2O4S. The average Bonchev–Trinajstić information content (AvgIpc) is 2.36. The van der Waals surface area contributed by atoms with E-state index < -0.39 is 20.6 Å². The van der Waals surface area contributed by atoms with Crippen LogP contribution in [0.4, 0.5) is 5.69 Å². The summed E-state index contributed by atoms with van der Waals surface area (Å²) in [6.45, 7) is 6.01. The van der Waals surface area contributed by atoms with Gasteiger partial charge in [0.1, 0.15) is 0 Å². The van der Waals surface area contributed by atoms with Crippen LogP contribution in [0.2, 0.25) is 0 Å². The maximum Gasteiger partial charge on any atom is 0.289 e. The molecule has 0 saturated heterocycles. The van der Waals surface area contributed by atoms with Crippen molar-refractivity contribution in [1.82, 2.24) is 4.72 Å². The number of benzene rings is 1. The zero-order valence-electron chi connectivity index (χ0n) is 11.5. The van der Waals surface area contributed by atoms with Crippen LogP contribution in [0.15, 0.2) is 27.6 Å². The van der Waals surface area contributed by atoms with Gasteiger partial charge in [-0.05, 0) is 24.0 Å². The summed E-state index contributed by atoms with van der Waals surface area (Å²) in [5.74, 6) is 0. The van der Waals surface area contributed by atoms with Gasteiger partial charge in [-0.25, -0.2) is 13.1 Å². The summed E-state index contributed by atoms with van der Waals surface area (Å²) in [7, 11) is -3.92. The van der Waals surface area contributed by atoms with Gasteiger partial charge in [0.25, 0.3) is 5.69 Å². The van der Waals surface area contributed by atoms with Crippen molar-refractivity contribution in [3.8, 4) is 0 Å². The van der Waals surface area contributed by atoms with Crippen molar-refractivity contribution in [2.75, 3.05) is 6.54 Å². The van der Waals surface area contributed by atoms with Gasteiger partial charge in [0, 0.05) is 17.1 Å². The smallest absolute Gasteiger partial charge is 0.258 e. The third-order valence-electron chi connectivity index (χ3n) is 3.11. The Morgan fingerprint density at radius 1 is 1.40 bits per heavy atom. The maximum absolute atomic E-state index is 12.2. The van der Waals surface area contributed by atoms with Gasteiger partial charge >= 0.3 is 0 Å². The van der Waals surface area contributed by atoms with E-state index in [9.17, 15) is 18.5 Å². The van der Waals surface area contributed by atoms with Crippen LogP contribution in [-0.4, -0.2) is 19.9 Å². The van der Waals surface area contributed by atoms with Crippen LogP contribution in [0.1, 0.15) is 27.2 Å². The molecule has 1 aromatic rings. The minimum absolute atomic E-state index is 0.214. The van der Waals surface area contributed by atoms with Crippen LogP contribution in [-0.2, 0) is 10.0 Å². The fraction of sp³-hybridized carbons (Fsp3) is 0.500. The second-order valence-electron chi connectivity index (χ2n) is 5.21. The first kappa shape index (κ1) is 17.1. The molecular weight excluding hydrogens is 348 g/mol. The summed E-state index contributed by atoms with van der Waals surface area (Å²) < 4.78 is 27.4. The molecule has 0 atom stereocenters. The van der Waals surface area contributed by atoms with E-state index in [-0.39, 0.29) is 16.9 Å². The molecule has 0 aliphatic carbocycles. The molecule has 1 N–H and O–H groups in total. The monoisotopic (exact) mass is 364 g/mol. The zero-order valence-corrected chi connectivity index (χ0v) is 13.9. The van der Waals surface area contributed by atoms with Gasteiger partial charge in [-0.15, -0.1) is 0 Å². The molecule has 112 valence electrons. The Kier molecular flexibility index (Phi) is 5.28. The number of hydrogen-bond donors (Lipinski definition) is 1. The van der Waals surface area contributed by atoms with Crippen molar-refractivity contribution in [3.63, 3.8) is 0 Å². The SMILES string of the molecule is CCC(C)(C)CNS(=O)(=O)c1cc(Br)ccc1[N+](=O)[O-]. The molecule has 8 heteroatoms. The first-order valence-electron chi connectivity index (χ1n) is 6.03. The van der Waals surface area contributed by atoms with E-state index in [1.165, 1.54) is 18.2 Å². The standard InChI is InChI=1S/C12H17BrN2O4S/c1-4-12(2,3)8-14-20(18,19)11-7-9(13)5-6-10(11)15(16)17/h5-7,14H,4,8H2,1-3H3. The minimum atomic E-state index is -3.92. The van der Waals surface area contributed by atoms with E-state index in [0.29, 0.717) is 4.47 Å². The first-order chi connectivity index (χ1) is 9.09. The number of nitro groups is 1. The molecule has 0 aromatic heterocycles. The molecule has 0 aliphatic heterocycles. The third-order valence-corrected chi connectivity index (χ3v) is 5.03. The lowest BCUT2D eigenvalue weighted by Gasteiger charge is -2.22. The van der Waals surface area contributed by atoms with Gasteiger partial charge < -0.3 is 0 Å².